The topological polar surface area (TPSA) is 60.4 Å². The summed E-state index contributed by atoms with van der Waals surface area (Å²) in [5, 5.41) is 0. The van der Waals surface area contributed by atoms with Crippen LogP contribution in [0.5, 0.6) is 0 Å². The first kappa shape index (κ1) is 25.0. The van der Waals surface area contributed by atoms with Crippen LogP contribution in [0, 0.1) is 50.2 Å². The molecule has 0 saturated heterocycles. The number of esters is 1. The second-order valence-corrected chi connectivity index (χ2v) is 14.5. The van der Waals surface area contributed by atoms with E-state index in [9.17, 15) is 14.4 Å². The van der Waals surface area contributed by atoms with E-state index in [2.05, 4.69) is 54.5 Å². The van der Waals surface area contributed by atoms with Crippen LogP contribution in [0.15, 0.2) is 23.8 Å². The van der Waals surface area contributed by atoms with Crippen LogP contribution in [0.1, 0.15) is 93.4 Å². The number of carbonyl (C=O) groups is 3. The van der Waals surface area contributed by atoms with Gasteiger partial charge in [-0.25, -0.2) is 0 Å². The molecule has 0 aromatic carbocycles. The van der Waals surface area contributed by atoms with Gasteiger partial charge in [-0.2, -0.15) is 0 Å². The average Bonchev–Trinajstić information content (AvgIpc) is 2.77. The maximum Gasteiger partial charge on any atom is 0.312 e. The molecule has 0 aromatic rings. The van der Waals surface area contributed by atoms with E-state index in [1.807, 2.05) is 6.08 Å². The van der Waals surface area contributed by atoms with Crippen molar-refractivity contribution < 1.29 is 19.1 Å². The molecule has 5 rings (SSSR count). The highest BCUT2D eigenvalue weighted by atomic mass is 16.5. The van der Waals surface area contributed by atoms with Crippen molar-refractivity contribution in [2.24, 2.45) is 50.2 Å². The molecule has 3 fully saturated rings. The summed E-state index contributed by atoms with van der Waals surface area (Å²) < 4.78 is 5.42. The van der Waals surface area contributed by atoms with Gasteiger partial charge in [0.05, 0.1) is 12.5 Å². The second-order valence-electron chi connectivity index (χ2n) is 14.5. The Labute approximate surface area is 211 Å². The zero-order chi connectivity index (χ0) is 25.8. The quantitative estimate of drug-likeness (QED) is 0.403. The minimum atomic E-state index is -0.554. The summed E-state index contributed by atoms with van der Waals surface area (Å²) in [6, 6.07) is 0. The molecule has 5 aliphatic rings. The maximum atomic E-state index is 14.3. The average molecular weight is 481 g/mol. The van der Waals surface area contributed by atoms with Crippen LogP contribution in [0.2, 0.25) is 0 Å². The van der Waals surface area contributed by atoms with Crippen molar-refractivity contribution >= 4 is 17.5 Å². The first-order chi connectivity index (χ1) is 16.1. The molecule has 0 heterocycles. The number of methoxy groups -OCH3 is 1. The van der Waals surface area contributed by atoms with Crippen molar-refractivity contribution in [1.82, 2.24) is 0 Å². The Morgan fingerprint density at radius 1 is 0.943 bits per heavy atom. The molecule has 0 bridgehead atoms. The van der Waals surface area contributed by atoms with Crippen molar-refractivity contribution in [3.05, 3.63) is 23.8 Å². The van der Waals surface area contributed by atoms with Crippen LogP contribution in [0.25, 0.3) is 0 Å². The summed E-state index contributed by atoms with van der Waals surface area (Å²) in [6.07, 6.45) is 11.7. The van der Waals surface area contributed by atoms with Crippen LogP contribution < -0.4 is 0 Å². The Bertz CT molecular complexity index is 1070. The normalized spacial score (nSPS) is 50.3. The highest BCUT2D eigenvalue weighted by molar-refractivity contribution is 5.97. The fourth-order valence-corrected chi connectivity index (χ4v) is 9.90. The van der Waals surface area contributed by atoms with Crippen molar-refractivity contribution in [3.63, 3.8) is 0 Å². The SMILES string of the molecule is COC(=O)[C@]12CCC(C)(C)CC1C1C(=O)C=C3[C@@]4(C)C=CC(=O)C[C@@]4(C)[C@H](C)C[C@@]3(C)[C@]1(C)CC2. The summed E-state index contributed by atoms with van der Waals surface area (Å²) >= 11 is 0. The lowest BCUT2D eigenvalue weighted by molar-refractivity contribution is -0.194. The smallest absolute Gasteiger partial charge is 0.312 e. The number of ether oxygens (including phenoxy) is 1. The van der Waals surface area contributed by atoms with Crippen molar-refractivity contribution in [3.8, 4) is 0 Å². The van der Waals surface area contributed by atoms with Gasteiger partial charge >= 0.3 is 5.97 Å². The van der Waals surface area contributed by atoms with Crippen LogP contribution in [0.3, 0.4) is 0 Å². The molecule has 4 heteroatoms. The fraction of sp³-hybridized carbons (Fsp3) is 0.774. The Hall–Kier alpha value is -1.71. The van der Waals surface area contributed by atoms with Crippen LogP contribution in [-0.2, 0) is 19.1 Å². The predicted molar refractivity (Wildman–Crippen MR) is 136 cm³/mol. The number of hydrogen-bond donors (Lipinski definition) is 0. The monoisotopic (exact) mass is 480 g/mol. The highest BCUT2D eigenvalue weighted by Gasteiger charge is 2.72. The molecular weight excluding hydrogens is 436 g/mol. The summed E-state index contributed by atoms with van der Waals surface area (Å²) in [6.45, 7) is 16.1. The number of fused-ring (bicyclic) bond motifs is 7. The van der Waals surface area contributed by atoms with E-state index < -0.39 is 5.41 Å². The van der Waals surface area contributed by atoms with E-state index >= 15 is 0 Å². The Morgan fingerprint density at radius 3 is 2.26 bits per heavy atom. The molecule has 5 aliphatic carbocycles. The minimum absolute atomic E-state index is 0.000488. The first-order valence-electron chi connectivity index (χ1n) is 13.7. The van der Waals surface area contributed by atoms with E-state index in [1.165, 1.54) is 12.7 Å². The highest BCUT2D eigenvalue weighted by Crippen LogP contribution is 2.76. The van der Waals surface area contributed by atoms with Gasteiger partial charge in [-0.15, -0.1) is 0 Å². The van der Waals surface area contributed by atoms with Gasteiger partial charge in [-0.3, -0.25) is 14.4 Å². The molecule has 8 atom stereocenters. The Balaban J connectivity index is 1.71. The van der Waals surface area contributed by atoms with Crippen molar-refractivity contribution in [2.45, 2.75) is 93.4 Å². The zero-order valence-corrected chi connectivity index (χ0v) is 23.0. The molecular formula is C31H44O4. The van der Waals surface area contributed by atoms with E-state index in [0.717, 1.165) is 38.5 Å². The van der Waals surface area contributed by atoms with Gasteiger partial charge in [0.2, 0.25) is 0 Å². The number of carbonyl (C=O) groups excluding carboxylic acids is 3. The van der Waals surface area contributed by atoms with Crippen molar-refractivity contribution in [2.75, 3.05) is 7.11 Å². The number of hydrogen-bond acceptors (Lipinski definition) is 4. The zero-order valence-electron chi connectivity index (χ0n) is 23.0. The molecule has 3 saturated carbocycles. The molecule has 0 spiro atoms. The van der Waals surface area contributed by atoms with Gasteiger partial charge in [0.15, 0.2) is 11.6 Å². The van der Waals surface area contributed by atoms with Crippen LogP contribution >= 0.6 is 0 Å². The van der Waals surface area contributed by atoms with Gasteiger partial charge in [0.25, 0.3) is 0 Å². The number of allylic oxidation sites excluding steroid dienone is 4. The molecule has 192 valence electrons. The van der Waals surface area contributed by atoms with E-state index in [1.54, 1.807) is 6.08 Å². The van der Waals surface area contributed by atoms with Gasteiger partial charge in [-0.1, -0.05) is 54.5 Å². The van der Waals surface area contributed by atoms with E-state index in [4.69, 9.17) is 4.74 Å². The largest absolute Gasteiger partial charge is 0.469 e. The van der Waals surface area contributed by atoms with Crippen LogP contribution in [-0.4, -0.2) is 24.6 Å². The lowest BCUT2D eigenvalue weighted by Gasteiger charge is -2.70. The molecule has 0 N–H and O–H groups in total. The fourth-order valence-electron chi connectivity index (χ4n) is 9.90. The Kier molecular flexibility index (Phi) is 5.13. The van der Waals surface area contributed by atoms with Gasteiger partial charge in [0.1, 0.15) is 0 Å². The van der Waals surface area contributed by atoms with Crippen molar-refractivity contribution in [1.29, 1.82) is 0 Å². The molecule has 0 amide bonds. The molecule has 0 radical (unpaired) electrons. The van der Waals surface area contributed by atoms with Crippen LogP contribution in [0.4, 0.5) is 0 Å². The van der Waals surface area contributed by atoms with E-state index in [0.29, 0.717) is 12.3 Å². The molecule has 2 unspecified atom stereocenters. The minimum Gasteiger partial charge on any atom is -0.469 e. The molecule has 35 heavy (non-hydrogen) atoms. The summed E-state index contributed by atoms with van der Waals surface area (Å²) in [4.78, 5) is 40.2. The first-order valence-corrected chi connectivity index (χ1v) is 13.7. The van der Waals surface area contributed by atoms with E-state index in [-0.39, 0.29) is 56.4 Å². The molecule has 4 nitrogen and oxygen atoms in total. The number of rotatable bonds is 1. The molecule has 0 aromatic heterocycles. The van der Waals surface area contributed by atoms with Gasteiger partial charge in [0, 0.05) is 17.8 Å². The summed E-state index contributed by atoms with van der Waals surface area (Å²) in [5.74, 6) is 0.427. The lowest BCUT2D eigenvalue weighted by atomic mass is 9.32. The second kappa shape index (κ2) is 7.19. The standard InChI is InChI=1S/C31H44O4/c1-19-16-30(7)23(27(4)10-9-20(32)17-29(19,27)6)15-22(33)24-21-18-26(2,3)11-13-31(21,25(34)35-8)14-12-28(24,30)5/h9-10,15,19,21,24H,11-14,16-18H2,1-8H3/t19-,21?,24?,27-,28-,29+,30-,31+/m1/s1. The third kappa shape index (κ3) is 2.89. The number of ketones is 2. The molecule has 0 aliphatic heterocycles. The maximum absolute atomic E-state index is 14.3. The lowest BCUT2D eigenvalue weighted by Crippen LogP contribution is -2.67. The third-order valence-electron chi connectivity index (χ3n) is 12.6. The Morgan fingerprint density at radius 2 is 1.60 bits per heavy atom. The van der Waals surface area contributed by atoms with Gasteiger partial charge in [-0.05, 0) is 89.7 Å². The summed E-state index contributed by atoms with van der Waals surface area (Å²) in [7, 11) is 1.50. The third-order valence-corrected chi connectivity index (χ3v) is 12.6. The predicted octanol–water partition coefficient (Wildman–Crippen LogP) is 6.49. The van der Waals surface area contributed by atoms with Gasteiger partial charge < -0.3 is 4.74 Å². The summed E-state index contributed by atoms with van der Waals surface area (Å²) in [5.41, 5.74) is -0.181.